The van der Waals surface area contributed by atoms with E-state index in [1.54, 1.807) is 0 Å². The molecule has 2 aromatic rings. The van der Waals surface area contributed by atoms with Crippen molar-refractivity contribution in [2.24, 2.45) is 0 Å². The zero-order valence-corrected chi connectivity index (χ0v) is 13.2. The molecule has 2 aromatic carbocycles. The van der Waals surface area contributed by atoms with Crippen molar-refractivity contribution < 1.29 is 4.74 Å². The molecule has 0 aliphatic heterocycles. The Balaban J connectivity index is 1.95. The van der Waals surface area contributed by atoms with Gasteiger partial charge in [0.2, 0.25) is 0 Å². The minimum absolute atomic E-state index is 0.0747. The van der Waals surface area contributed by atoms with Crippen molar-refractivity contribution in [3.05, 3.63) is 48.0 Å². The van der Waals surface area contributed by atoms with E-state index in [0.29, 0.717) is 11.8 Å². The summed E-state index contributed by atoms with van der Waals surface area (Å²) < 4.78 is 5.89. The fraction of sp³-hybridized carbons (Fsp3) is 0.412. The van der Waals surface area contributed by atoms with Crippen LogP contribution >= 0.6 is 7.92 Å². The lowest BCUT2D eigenvalue weighted by molar-refractivity contribution is 0.165. The third-order valence-corrected chi connectivity index (χ3v) is 6.37. The number of fused-ring (bicyclic) bond motifs is 1. The molecule has 102 valence electrons. The highest BCUT2D eigenvalue weighted by Crippen LogP contribution is 2.45. The summed E-state index contributed by atoms with van der Waals surface area (Å²) in [5, 5.41) is 2.95. The Morgan fingerprint density at radius 3 is 2.37 bits per heavy atom. The van der Waals surface area contributed by atoms with Gasteiger partial charge < -0.3 is 4.74 Å². The smallest absolute Gasteiger partial charge is 0.0721 e. The second kappa shape index (κ2) is 6.03. The highest BCUT2D eigenvalue weighted by molar-refractivity contribution is 7.58. The Morgan fingerprint density at radius 1 is 1.00 bits per heavy atom. The van der Waals surface area contributed by atoms with Crippen molar-refractivity contribution >= 4 is 18.7 Å². The summed E-state index contributed by atoms with van der Waals surface area (Å²) in [7, 11) is -0.0747. The van der Waals surface area contributed by atoms with Crippen LogP contribution in [0.4, 0.5) is 0 Å². The van der Waals surface area contributed by atoms with Gasteiger partial charge in [-0.1, -0.05) is 65.1 Å². The molecule has 0 saturated heterocycles. The molecule has 0 radical (unpaired) electrons. The highest BCUT2D eigenvalue weighted by Gasteiger charge is 2.19. The lowest BCUT2D eigenvalue weighted by Gasteiger charge is -2.27. The van der Waals surface area contributed by atoms with E-state index in [4.69, 9.17) is 4.74 Å². The molecule has 0 bridgehead atoms. The summed E-state index contributed by atoms with van der Waals surface area (Å²) in [5.41, 5.74) is 1.26. The molecule has 1 atom stereocenters. The third-order valence-electron chi connectivity index (χ3n) is 3.51. The summed E-state index contributed by atoms with van der Waals surface area (Å²) in [6, 6.07) is 15.0. The standard InChI is InChI=1S/C17H23OP/c1-17(2,3)19(4)13-18-12-14-9-10-15-7-5-6-8-16(15)11-14/h5-11H,12-13H2,1-4H3/t19-/m0/s1. The van der Waals surface area contributed by atoms with Gasteiger partial charge in [0.05, 0.1) is 13.0 Å². The first-order chi connectivity index (χ1) is 8.97. The van der Waals surface area contributed by atoms with Gasteiger partial charge in [0.25, 0.3) is 0 Å². The monoisotopic (exact) mass is 274 g/mol. The van der Waals surface area contributed by atoms with Crippen LogP contribution in [0.15, 0.2) is 42.5 Å². The van der Waals surface area contributed by atoms with Crippen LogP contribution in [0.3, 0.4) is 0 Å². The molecule has 19 heavy (non-hydrogen) atoms. The van der Waals surface area contributed by atoms with Gasteiger partial charge in [0, 0.05) is 0 Å². The maximum Gasteiger partial charge on any atom is 0.0721 e. The van der Waals surface area contributed by atoms with E-state index in [1.165, 1.54) is 16.3 Å². The number of hydrogen-bond donors (Lipinski definition) is 0. The van der Waals surface area contributed by atoms with Crippen LogP contribution in [-0.2, 0) is 11.3 Å². The van der Waals surface area contributed by atoms with Crippen LogP contribution in [0.5, 0.6) is 0 Å². The molecule has 0 heterocycles. The average molecular weight is 274 g/mol. The average Bonchev–Trinajstić information content (AvgIpc) is 2.37. The molecule has 0 aromatic heterocycles. The summed E-state index contributed by atoms with van der Waals surface area (Å²) in [6.07, 6.45) is 0.881. The Morgan fingerprint density at radius 2 is 1.68 bits per heavy atom. The highest BCUT2D eigenvalue weighted by atomic mass is 31.1. The van der Waals surface area contributed by atoms with Gasteiger partial charge in [-0.3, -0.25) is 0 Å². The van der Waals surface area contributed by atoms with Gasteiger partial charge in [0.15, 0.2) is 0 Å². The first-order valence-corrected chi connectivity index (χ1v) is 8.71. The quantitative estimate of drug-likeness (QED) is 0.694. The summed E-state index contributed by atoms with van der Waals surface area (Å²) in [6.45, 7) is 9.90. The SMILES string of the molecule is C[P@@](COCc1ccc2ccccc2c1)C(C)(C)C. The fourth-order valence-corrected chi connectivity index (χ4v) is 2.58. The van der Waals surface area contributed by atoms with E-state index in [0.717, 1.165) is 6.35 Å². The molecule has 0 spiro atoms. The number of rotatable bonds is 4. The molecule has 0 N–H and O–H groups in total. The van der Waals surface area contributed by atoms with Crippen molar-refractivity contribution in [1.29, 1.82) is 0 Å². The first-order valence-electron chi connectivity index (χ1n) is 6.73. The van der Waals surface area contributed by atoms with Gasteiger partial charge in [0.1, 0.15) is 0 Å². The fourth-order valence-electron chi connectivity index (χ4n) is 1.82. The summed E-state index contributed by atoms with van der Waals surface area (Å²) in [4.78, 5) is 0. The molecule has 2 heteroatoms. The Kier molecular flexibility index (Phi) is 4.60. The van der Waals surface area contributed by atoms with E-state index in [1.807, 2.05) is 0 Å². The topological polar surface area (TPSA) is 9.23 Å². The van der Waals surface area contributed by atoms with Gasteiger partial charge in [-0.05, 0) is 34.2 Å². The van der Waals surface area contributed by atoms with Crippen LogP contribution in [0.25, 0.3) is 10.8 Å². The molecule has 0 fully saturated rings. The van der Waals surface area contributed by atoms with Crippen LogP contribution in [0.1, 0.15) is 26.3 Å². The van der Waals surface area contributed by atoms with Gasteiger partial charge in [-0.15, -0.1) is 0 Å². The summed E-state index contributed by atoms with van der Waals surface area (Å²) >= 11 is 0. The van der Waals surface area contributed by atoms with Crippen molar-refractivity contribution in [1.82, 2.24) is 0 Å². The minimum atomic E-state index is -0.0747. The number of benzene rings is 2. The van der Waals surface area contributed by atoms with Crippen molar-refractivity contribution in [2.45, 2.75) is 32.5 Å². The zero-order valence-electron chi connectivity index (χ0n) is 12.3. The Labute approximate surface area is 117 Å². The predicted molar refractivity (Wildman–Crippen MR) is 86.2 cm³/mol. The molecule has 0 aliphatic rings. The van der Waals surface area contributed by atoms with E-state index in [-0.39, 0.29) is 7.92 Å². The molecular formula is C17H23OP. The molecule has 2 rings (SSSR count). The Bertz CT molecular complexity index is 542. The predicted octanol–water partition coefficient (Wildman–Crippen LogP) is 5.22. The zero-order chi connectivity index (χ0) is 13.9. The van der Waals surface area contributed by atoms with Gasteiger partial charge in [-0.25, -0.2) is 0 Å². The van der Waals surface area contributed by atoms with Crippen molar-refractivity contribution in [2.75, 3.05) is 13.0 Å². The van der Waals surface area contributed by atoms with Crippen molar-refractivity contribution in [3.8, 4) is 0 Å². The van der Waals surface area contributed by atoms with Crippen LogP contribution in [0, 0.1) is 0 Å². The second-order valence-electron chi connectivity index (χ2n) is 6.03. The first kappa shape index (κ1) is 14.5. The largest absolute Gasteiger partial charge is 0.372 e. The van der Waals surface area contributed by atoms with E-state index >= 15 is 0 Å². The molecule has 0 saturated carbocycles. The molecular weight excluding hydrogens is 251 g/mol. The summed E-state index contributed by atoms with van der Waals surface area (Å²) in [5.74, 6) is 0. The van der Waals surface area contributed by atoms with Crippen LogP contribution in [0.2, 0.25) is 0 Å². The maximum absolute atomic E-state index is 5.89. The Hall–Kier alpha value is -0.910. The third kappa shape index (κ3) is 4.03. The van der Waals surface area contributed by atoms with Gasteiger partial charge in [-0.2, -0.15) is 0 Å². The second-order valence-corrected chi connectivity index (χ2v) is 9.02. The normalized spacial score (nSPS) is 13.7. The number of ether oxygens (including phenoxy) is 1. The van der Waals surface area contributed by atoms with Crippen molar-refractivity contribution in [3.63, 3.8) is 0 Å². The van der Waals surface area contributed by atoms with Gasteiger partial charge >= 0.3 is 0 Å². The molecule has 1 nitrogen and oxygen atoms in total. The van der Waals surface area contributed by atoms with E-state index < -0.39 is 0 Å². The van der Waals surface area contributed by atoms with Crippen LogP contribution < -0.4 is 0 Å². The van der Waals surface area contributed by atoms with E-state index in [9.17, 15) is 0 Å². The lowest BCUT2D eigenvalue weighted by Crippen LogP contribution is -2.13. The van der Waals surface area contributed by atoms with E-state index in [2.05, 4.69) is 69.9 Å². The lowest BCUT2D eigenvalue weighted by atomic mass is 10.1. The molecule has 0 unspecified atom stereocenters. The number of hydrogen-bond acceptors (Lipinski definition) is 1. The molecule has 0 amide bonds. The minimum Gasteiger partial charge on any atom is -0.372 e. The van der Waals surface area contributed by atoms with Crippen LogP contribution in [-0.4, -0.2) is 18.2 Å². The maximum atomic E-state index is 5.89. The molecule has 0 aliphatic carbocycles.